The zero-order chi connectivity index (χ0) is 44.3. The first kappa shape index (κ1) is 41.3. The molecule has 0 radical (unpaired) electrons. The molecule has 5 aliphatic rings. The maximum atomic E-state index is 13.7. The third-order valence-corrected chi connectivity index (χ3v) is 13.7. The fraction of sp³-hybridized carbons (Fsp3) is 0.404. The standard InChI is InChI=1S/C47H51N11O6/c1-3-22-56-43(61)34-27-48-46(53-41(34)58(56)37-14-8-28-16-21-47(64,4-2)40(28)51-37)50-29-9-11-32(12-10-29)54-23-17-30(18-24-54)49-31-19-25-55(26-20-31)35-7-5-6-33-39(35)45(63)57(44(33)62)36-13-15-38(59)52-42(36)60/h3,5-12,14,27,30-31,36,49,64H,1,4,13,15-26H2,2H3,(H,48,50,53)(H,52,59,60)/t36?,47-/m1/s1. The van der Waals surface area contributed by atoms with Crippen molar-refractivity contribution in [3.63, 3.8) is 0 Å². The Labute approximate surface area is 369 Å². The number of nitrogens with one attached hydrogen (secondary N) is 3. The van der Waals surface area contributed by atoms with Gasteiger partial charge in [-0.15, -0.1) is 6.58 Å². The van der Waals surface area contributed by atoms with E-state index in [1.54, 1.807) is 22.9 Å². The average Bonchev–Trinajstić information content (AvgIpc) is 3.89. The van der Waals surface area contributed by atoms with Crippen LogP contribution in [0.3, 0.4) is 0 Å². The van der Waals surface area contributed by atoms with E-state index in [9.17, 15) is 29.1 Å². The molecule has 7 heterocycles. The number of aliphatic hydroxyl groups is 1. The molecule has 0 saturated carbocycles. The Kier molecular flexibility index (Phi) is 10.6. The van der Waals surface area contributed by atoms with E-state index in [-0.39, 0.29) is 24.9 Å². The van der Waals surface area contributed by atoms with Crippen LogP contribution >= 0.6 is 0 Å². The first-order valence-corrected chi connectivity index (χ1v) is 22.3. The van der Waals surface area contributed by atoms with Crippen LogP contribution < -0.4 is 31.3 Å². The number of pyridine rings is 1. The molecule has 3 saturated heterocycles. The quantitative estimate of drug-likeness (QED) is 0.110. The minimum absolute atomic E-state index is 0.0837. The van der Waals surface area contributed by atoms with Crippen LogP contribution in [0, 0.1) is 0 Å². The normalized spacial score (nSPS) is 21.7. The number of aromatic nitrogens is 5. The van der Waals surface area contributed by atoms with Crippen molar-refractivity contribution >= 4 is 57.7 Å². The number of amides is 4. The van der Waals surface area contributed by atoms with Gasteiger partial charge in [-0.05, 0) is 99.4 Å². The van der Waals surface area contributed by atoms with Crippen molar-refractivity contribution in [1.29, 1.82) is 0 Å². The van der Waals surface area contributed by atoms with Crippen molar-refractivity contribution in [2.24, 2.45) is 0 Å². The average molecular weight is 866 g/mol. The van der Waals surface area contributed by atoms with Crippen molar-refractivity contribution in [2.75, 3.05) is 41.3 Å². The van der Waals surface area contributed by atoms with Crippen LogP contribution in [0.15, 0.2) is 78.2 Å². The highest BCUT2D eigenvalue weighted by Crippen LogP contribution is 2.39. The lowest BCUT2D eigenvalue weighted by Crippen LogP contribution is -2.54. The highest BCUT2D eigenvalue weighted by atomic mass is 16.3. The van der Waals surface area contributed by atoms with E-state index < -0.39 is 35.3 Å². The number of carbonyl (C=O) groups excluding carboxylic acids is 4. The van der Waals surface area contributed by atoms with Crippen LogP contribution in [0.4, 0.5) is 23.0 Å². The first-order chi connectivity index (χ1) is 31.0. The fourth-order valence-corrected chi connectivity index (χ4v) is 10.2. The monoisotopic (exact) mass is 865 g/mol. The number of hydrogen-bond donors (Lipinski definition) is 4. The Morgan fingerprint density at radius 2 is 1.61 bits per heavy atom. The minimum atomic E-state index is -1.01. The Morgan fingerprint density at radius 1 is 0.875 bits per heavy atom. The lowest BCUT2D eigenvalue weighted by Gasteiger charge is -2.39. The summed E-state index contributed by atoms with van der Waals surface area (Å²) in [6.07, 6.45) is 9.08. The molecule has 1 aliphatic carbocycles. The molecule has 10 rings (SSSR count). The summed E-state index contributed by atoms with van der Waals surface area (Å²) < 4.78 is 3.23. The molecule has 3 fully saturated rings. The number of carbonyl (C=O) groups is 4. The van der Waals surface area contributed by atoms with Gasteiger partial charge in [0.1, 0.15) is 17.0 Å². The smallest absolute Gasteiger partial charge is 0.278 e. The van der Waals surface area contributed by atoms with Gasteiger partial charge in [-0.3, -0.25) is 34.2 Å². The molecular formula is C47H51N11O6. The van der Waals surface area contributed by atoms with Crippen LogP contribution in [0.5, 0.6) is 0 Å². The molecular weight excluding hydrogens is 815 g/mol. The van der Waals surface area contributed by atoms with Crippen molar-refractivity contribution in [3.05, 3.63) is 106 Å². The summed E-state index contributed by atoms with van der Waals surface area (Å²) in [5.74, 6) is -1.14. The second-order valence-electron chi connectivity index (χ2n) is 17.5. The Balaban J connectivity index is 0.750. The van der Waals surface area contributed by atoms with E-state index in [0.717, 1.165) is 80.1 Å². The maximum absolute atomic E-state index is 13.7. The zero-order valence-electron chi connectivity index (χ0n) is 35.8. The Morgan fingerprint density at radius 3 is 2.31 bits per heavy atom. The minimum Gasteiger partial charge on any atom is -0.384 e. The third kappa shape index (κ3) is 7.21. The van der Waals surface area contributed by atoms with Crippen molar-refractivity contribution < 1.29 is 24.3 Å². The van der Waals surface area contributed by atoms with Gasteiger partial charge in [0.2, 0.25) is 17.8 Å². The predicted molar refractivity (Wildman–Crippen MR) is 240 cm³/mol. The number of piperidine rings is 3. The van der Waals surface area contributed by atoms with Crippen LogP contribution in [-0.4, -0.2) is 102 Å². The van der Waals surface area contributed by atoms with Gasteiger partial charge in [0, 0.05) is 62.3 Å². The molecule has 5 aromatic rings. The first-order valence-electron chi connectivity index (χ1n) is 22.3. The highest BCUT2D eigenvalue weighted by molar-refractivity contribution is 6.25. The Bertz CT molecular complexity index is 2770. The fourth-order valence-electron chi connectivity index (χ4n) is 10.2. The number of anilines is 4. The number of rotatable bonds is 11. The largest absolute Gasteiger partial charge is 0.384 e. The Hall–Kier alpha value is -6.72. The number of allylic oxidation sites excluding steroid dienone is 1. The number of hydrogen-bond acceptors (Lipinski definition) is 13. The molecule has 17 heteroatoms. The lowest BCUT2D eigenvalue weighted by atomic mass is 9.98. The zero-order valence-corrected chi connectivity index (χ0v) is 35.8. The van der Waals surface area contributed by atoms with Crippen LogP contribution in [0.1, 0.15) is 90.3 Å². The number of nitrogens with zero attached hydrogens (tertiary/aromatic N) is 8. The third-order valence-electron chi connectivity index (χ3n) is 13.7. The second kappa shape index (κ2) is 16.4. The summed E-state index contributed by atoms with van der Waals surface area (Å²) in [5, 5.41) is 21.1. The van der Waals surface area contributed by atoms with E-state index in [1.165, 1.54) is 10.9 Å². The van der Waals surface area contributed by atoms with Crippen LogP contribution in [0.2, 0.25) is 0 Å². The van der Waals surface area contributed by atoms with E-state index in [2.05, 4.69) is 49.4 Å². The molecule has 4 aliphatic heterocycles. The summed E-state index contributed by atoms with van der Waals surface area (Å²) in [6.45, 7) is 9.31. The van der Waals surface area contributed by atoms with Gasteiger partial charge in [0.05, 0.1) is 29.1 Å². The number of aryl methyl sites for hydroxylation is 1. The van der Waals surface area contributed by atoms with E-state index in [1.807, 2.05) is 37.3 Å². The van der Waals surface area contributed by atoms with Gasteiger partial charge >= 0.3 is 0 Å². The molecule has 1 unspecified atom stereocenters. The van der Waals surface area contributed by atoms with Crippen molar-refractivity contribution in [2.45, 2.75) is 95.0 Å². The summed E-state index contributed by atoms with van der Waals surface area (Å²) in [5.41, 5.74) is 4.09. The summed E-state index contributed by atoms with van der Waals surface area (Å²) in [6, 6.07) is 17.1. The molecule has 4 N–H and O–H groups in total. The van der Waals surface area contributed by atoms with Gasteiger partial charge in [0.25, 0.3) is 17.4 Å². The topological polar surface area (TPSA) is 200 Å². The molecule has 2 atom stereocenters. The molecule has 4 amide bonds. The van der Waals surface area contributed by atoms with Gasteiger partial charge in [0.15, 0.2) is 11.5 Å². The molecule has 3 aromatic heterocycles. The van der Waals surface area contributed by atoms with Gasteiger partial charge < -0.3 is 25.5 Å². The SMILES string of the molecule is C=CCn1c(=O)c2cnc(Nc3ccc(N4CCC(NC5CCN(c6cccc7c6C(=O)N(C6CCC(=O)NC6=O)C7=O)CC5)CC4)cc3)nc2n1-c1ccc2c(n1)[C@@](O)(CC)CC2. The summed E-state index contributed by atoms with van der Waals surface area (Å²) in [7, 11) is 0. The summed E-state index contributed by atoms with van der Waals surface area (Å²) >= 11 is 0. The van der Waals surface area contributed by atoms with Crippen molar-refractivity contribution in [3.8, 4) is 5.82 Å². The lowest BCUT2D eigenvalue weighted by molar-refractivity contribution is -0.136. The second-order valence-corrected chi connectivity index (χ2v) is 17.5. The number of fused-ring (bicyclic) bond motifs is 3. The van der Waals surface area contributed by atoms with Gasteiger partial charge in [-0.2, -0.15) is 4.98 Å². The van der Waals surface area contributed by atoms with Crippen LogP contribution in [0.25, 0.3) is 16.9 Å². The molecule has 0 bridgehead atoms. The molecule has 64 heavy (non-hydrogen) atoms. The van der Waals surface area contributed by atoms with E-state index in [0.29, 0.717) is 70.2 Å². The maximum Gasteiger partial charge on any atom is 0.278 e. The molecule has 330 valence electrons. The molecule has 0 spiro atoms. The van der Waals surface area contributed by atoms with Gasteiger partial charge in [-0.25, -0.2) is 19.3 Å². The highest BCUT2D eigenvalue weighted by Gasteiger charge is 2.46. The molecule has 17 nitrogen and oxygen atoms in total. The van der Waals surface area contributed by atoms with E-state index >= 15 is 0 Å². The van der Waals surface area contributed by atoms with Gasteiger partial charge in [-0.1, -0.05) is 25.1 Å². The number of imide groups is 2. The summed E-state index contributed by atoms with van der Waals surface area (Å²) in [4.78, 5) is 84.7. The van der Waals surface area contributed by atoms with E-state index in [4.69, 9.17) is 9.97 Å². The number of benzene rings is 2. The predicted octanol–water partition coefficient (Wildman–Crippen LogP) is 4.08. The van der Waals surface area contributed by atoms with Crippen LogP contribution in [-0.2, 0) is 28.2 Å². The van der Waals surface area contributed by atoms with Crippen molar-refractivity contribution in [1.82, 2.24) is 39.8 Å². The molecule has 2 aromatic carbocycles.